The van der Waals surface area contributed by atoms with Crippen molar-refractivity contribution in [3.63, 3.8) is 0 Å². The van der Waals surface area contributed by atoms with Crippen molar-refractivity contribution in [2.24, 2.45) is 10.9 Å². The molecule has 1 saturated heterocycles. The molecule has 0 radical (unpaired) electrons. The van der Waals surface area contributed by atoms with Crippen LogP contribution in [0.15, 0.2) is 4.99 Å². The van der Waals surface area contributed by atoms with Gasteiger partial charge in [-0.1, -0.05) is 6.92 Å². The average Bonchev–Trinajstić information content (AvgIpc) is 2.65. The van der Waals surface area contributed by atoms with E-state index in [0.717, 1.165) is 44.9 Å². The lowest BCUT2D eigenvalue weighted by molar-refractivity contribution is -0.149. The lowest BCUT2D eigenvalue weighted by Crippen LogP contribution is -2.47. The monoisotopic (exact) mass is 412 g/mol. The van der Waals surface area contributed by atoms with Gasteiger partial charge in [0.2, 0.25) is 0 Å². The van der Waals surface area contributed by atoms with Gasteiger partial charge in [-0.3, -0.25) is 9.79 Å². The molecule has 1 fully saturated rings. The highest BCUT2D eigenvalue weighted by molar-refractivity contribution is 5.80. The van der Waals surface area contributed by atoms with E-state index in [1.165, 1.54) is 0 Å². The SMILES string of the molecule is CCCN(CCN=C(NCC)N1CCC(C(=O)OCC)CC1)C(=O)OC(C)(C)C. The van der Waals surface area contributed by atoms with E-state index in [9.17, 15) is 9.59 Å². The summed E-state index contributed by atoms with van der Waals surface area (Å²) in [5.74, 6) is 0.707. The number of likely N-dealkylation sites (tertiary alicyclic amines) is 1. The number of hydrogen-bond donors (Lipinski definition) is 1. The summed E-state index contributed by atoms with van der Waals surface area (Å²) >= 11 is 0. The number of carbonyl (C=O) groups is 2. The van der Waals surface area contributed by atoms with Gasteiger partial charge in [0.25, 0.3) is 0 Å². The molecule has 1 heterocycles. The number of esters is 1. The Morgan fingerprint density at radius 2 is 1.79 bits per heavy atom. The van der Waals surface area contributed by atoms with E-state index < -0.39 is 5.60 Å². The van der Waals surface area contributed by atoms with Crippen LogP contribution in [0.2, 0.25) is 0 Å². The molecule has 0 saturated carbocycles. The number of rotatable bonds is 8. The summed E-state index contributed by atoms with van der Waals surface area (Å²) in [4.78, 5) is 32.9. The molecule has 1 N–H and O–H groups in total. The van der Waals surface area contributed by atoms with E-state index >= 15 is 0 Å². The van der Waals surface area contributed by atoms with Crippen LogP contribution in [0.25, 0.3) is 0 Å². The van der Waals surface area contributed by atoms with E-state index in [1.54, 1.807) is 4.90 Å². The molecule has 0 bridgehead atoms. The Labute approximate surface area is 176 Å². The third-order valence-corrected chi connectivity index (χ3v) is 4.53. The van der Waals surface area contributed by atoms with Crippen LogP contribution in [0, 0.1) is 5.92 Å². The van der Waals surface area contributed by atoms with E-state index in [-0.39, 0.29) is 18.0 Å². The van der Waals surface area contributed by atoms with Crippen LogP contribution in [0.1, 0.15) is 60.8 Å². The van der Waals surface area contributed by atoms with E-state index in [4.69, 9.17) is 14.5 Å². The lowest BCUT2D eigenvalue weighted by Gasteiger charge is -2.33. The van der Waals surface area contributed by atoms with Gasteiger partial charge >= 0.3 is 12.1 Å². The maximum atomic E-state index is 12.4. The molecular weight excluding hydrogens is 372 g/mol. The van der Waals surface area contributed by atoms with Crippen molar-refractivity contribution >= 4 is 18.0 Å². The highest BCUT2D eigenvalue weighted by Crippen LogP contribution is 2.19. The van der Waals surface area contributed by atoms with Gasteiger partial charge in [0.15, 0.2) is 5.96 Å². The van der Waals surface area contributed by atoms with Crippen LogP contribution < -0.4 is 5.32 Å². The second kappa shape index (κ2) is 12.5. The number of hydrogen-bond acceptors (Lipinski definition) is 5. The Morgan fingerprint density at radius 3 is 2.31 bits per heavy atom. The van der Waals surface area contributed by atoms with Crippen LogP contribution in [-0.4, -0.2) is 79.3 Å². The van der Waals surface area contributed by atoms with Crippen molar-refractivity contribution in [2.75, 3.05) is 45.9 Å². The summed E-state index contributed by atoms with van der Waals surface area (Å²) in [5, 5.41) is 3.32. The fourth-order valence-corrected chi connectivity index (χ4v) is 3.18. The minimum atomic E-state index is -0.509. The number of guanidine groups is 1. The molecule has 0 aromatic heterocycles. The summed E-state index contributed by atoms with van der Waals surface area (Å²) in [5.41, 5.74) is -0.509. The predicted molar refractivity (Wildman–Crippen MR) is 115 cm³/mol. The van der Waals surface area contributed by atoms with Crippen molar-refractivity contribution < 1.29 is 19.1 Å². The van der Waals surface area contributed by atoms with Gasteiger partial charge < -0.3 is 24.6 Å². The molecule has 0 spiro atoms. The van der Waals surface area contributed by atoms with Gasteiger partial charge in [-0.05, 0) is 53.9 Å². The third-order valence-electron chi connectivity index (χ3n) is 4.53. The molecule has 1 aliphatic rings. The normalized spacial score (nSPS) is 15.8. The zero-order chi connectivity index (χ0) is 21.9. The van der Waals surface area contributed by atoms with Crippen LogP contribution >= 0.6 is 0 Å². The van der Waals surface area contributed by atoms with Crippen molar-refractivity contribution in [2.45, 2.75) is 66.4 Å². The molecule has 1 rings (SSSR count). The molecule has 0 atom stereocenters. The Bertz CT molecular complexity index is 537. The fourth-order valence-electron chi connectivity index (χ4n) is 3.18. The first-order chi connectivity index (χ1) is 13.7. The van der Waals surface area contributed by atoms with Gasteiger partial charge in [0.05, 0.1) is 19.1 Å². The highest BCUT2D eigenvalue weighted by Gasteiger charge is 2.27. The first kappa shape index (κ1) is 25.0. The summed E-state index contributed by atoms with van der Waals surface area (Å²) in [6, 6.07) is 0. The van der Waals surface area contributed by atoms with Gasteiger partial charge in [-0.25, -0.2) is 4.79 Å². The van der Waals surface area contributed by atoms with Gasteiger partial charge in [-0.2, -0.15) is 0 Å². The summed E-state index contributed by atoms with van der Waals surface area (Å²) in [6.07, 6.45) is 2.10. The van der Waals surface area contributed by atoms with E-state index in [1.807, 2.05) is 41.5 Å². The van der Waals surface area contributed by atoms with Crippen molar-refractivity contribution in [1.82, 2.24) is 15.1 Å². The second-order valence-corrected chi connectivity index (χ2v) is 8.22. The minimum Gasteiger partial charge on any atom is -0.466 e. The number of ether oxygens (including phenoxy) is 2. The summed E-state index contributed by atoms with van der Waals surface area (Å²) in [7, 11) is 0. The molecule has 0 aliphatic carbocycles. The summed E-state index contributed by atoms with van der Waals surface area (Å²) < 4.78 is 10.6. The molecule has 168 valence electrons. The lowest BCUT2D eigenvalue weighted by atomic mass is 9.97. The highest BCUT2D eigenvalue weighted by atomic mass is 16.6. The van der Waals surface area contributed by atoms with Crippen molar-refractivity contribution in [3.05, 3.63) is 0 Å². The summed E-state index contributed by atoms with van der Waals surface area (Å²) in [6.45, 7) is 15.9. The molecule has 1 aliphatic heterocycles. The van der Waals surface area contributed by atoms with Gasteiger partial charge in [0.1, 0.15) is 5.60 Å². The fraction of sp³-hybridized carbons (Fsp3) is 0.857. The largest absolute Gasteiger partial charge is 0.466 e. The number of carbonyl (C=O) groups excluding carboxylic acids is 2. The first-order valence-corrected chi connectivity index (χ1v) is 10.9. The van der Waals surface area contributed by atoms with Crippen LogP contribution in [0.4, 0.5) is 4.79 Å². The number of piperidine rings is 1. The van der Waals surface area contributed by atoms with Crippen LogP contribution in [0.3, 0.4) is 0 Å². The average molecular weight is 413 g/mol. The molecule has 0 unspecified atom stereocenters. The zero-order valence-electron chi connectivity index (χ0n) is 19.1. The molecular formula is C21H40N4O4. The van der Waals surface area contributed by atoms with E-state index in [2.05, 4.69) is 10.2 Å². The number of amides is 1. The zero-order valence-corrected chi connectivity index (χ0v) is 19.1. The first-order valence-electron chi connectivity index (χ1n) is 10.9. The van der Waals surface area contributed by atoms with Crippen molar-refractivity contribution in [3.8, 4) is 0 Å². The van der Waals surface area contributed by atoms with Gasteiger partial charge in [0, 0.05) is 32.7 Å². The van der Waals surface area contributed by atoms with E-state index in [0.29, 0.717) is 26.2 Å². The van der Waals surface area contributed by atoms with Crippen molar-refractivity contribution in [1.29, 1.82) is 0 Å². The third kappa shape index (κ3) is 9.37. The molecule has 29 heavy (non-hydrogen) atoms. The smallest absolute Gasteiger partial charge is 0.410 e. The molecule has 0 aromatic carbocycles. The second-order valence-electron chi connectivity index (χ2n) is 8.22. The Hall–Kier alpha value is -1.99. The number of aliphatic imine (C=N–C) groups is 1. The quantitative estimate of drug-likeness (QED) is 0.375. The Balaban J connectivity index is 2.64. The van der Waals surface area contributed by atoms with Crippen LogP contribution in [-0.2, 0) is 14.3 Å². The molecule has 8 nitrogen and oxygen atoms in total. The molecule has 1 amide bonds. The Morgan fingerprint density at radius 1 is 1.14 bits per heavy atom. The predicted octanol–water partition coefficient (Wildman–Crippen LogP) is 2.87. The maximum Gasteiger partial charge on any atom is 0.410 e. The molecule has 0 aromatic rings. The van der Waals surface area contributed by atoms with Crippen LogP contribution in [0.5, 0.6) is 0 Å². The number of nitrogens with one attached hydrogen (secondary N) is 1. The number of nitrogens with zero attached hydrogens (tertiary/aromatic N) is 3. The minimum absolute atomic E-state index is 0.0266. The topological polar surface area (TPSA) is 83.5 Å². The molecule has 8 heteroatoms. The standard InChI is InChI=1S/C21H40N4O4/c1-7-13-25(20(27)29-21(4,5)6)16-12-23-19(22-8-2)24-14-10-17(11-15-24)18(26)28-9-3/h17H,7-16H2,1-6H3,(H,22,23). The Kier molecular flexibility index (Phi) is 10.8. The maximum absolute atomic E-state index is 12.4. The van der Waals surface area contributed by atoms with Gasteiger partial charge in [-0.15, -0.1) is 0 Å².